The lowest BCUT2D eigenvalue weighted by atomic mass is 10.0. The summed E-state index contributed by atoms with van der Waals surface area (Å²) in [5.74, 6) is -0.310. The van der Waals surface area contributed by atoms with Crippen LogP contribution in [0.2, 0.25) is 5.02 Å². The monoisotopic (exact) mass is 594 g/mol. The largest absolute Gasteiger partial charge is 0.447 e. The van der Waals surface area contributed by atoms with Crippen molar-refractivity contribution in [3.8, 4) is 0 Å². The van der Waals surface area contributed by atoms with Gasteiger partial charge in [-0.05, 0) is 44.4 Å². The predicted molar refractivity (Wildman–Crippen MR) is 119 cm³/mol. The number of carbonyl (C=O) groups is 2. The number of hydrogen-bond acceptors (Lipinski definition) is 3. The van der Waals surface area contributed by atoms with E-state index in [9.17, 15) is 9.59 Å². The number of rotatable bonds is 6. The predicted octanol–water partition coefficient (Wildman–Crippen LogP) is 5.45. The molecule has 0 saturated heterocycles. The summed E-state index contributed by atoms with van der Waals surface area (Å²) >= 11 is 10.1. The van der Waals surface area contributed by atoms with Crippen molar-refractivity contribution in [3.63, 3.8) is 0 Å². The average Bonchev–Trinajstić information content (AvgIpc) is 2.54. The van der Waals surface area contributed by atoms with E-state index in [1.807, 2.05) is 32.9 Å². The van der Waals surface area contributed by atoms with Gasteiger partial charge in [0.1, 0.15) is 6.04 Å². The van der Waals surface area contributed by atoms with Crippen LogP contribution in [0, 0.1) is 5.92 Å². The van der Waals surface area contributed by atoms with Crippen molar-refractivity contribution >= 4 is 60.8 Å². The lowest BCUT2D eigenvalue weighted by Gasteiger charge is -2.24. The lowest BCUT2D eigenvalue weighted by Crippen LogP contribution is -2.50. The van der Waals surface area contributed by atoms with Gasteiger partial charge in [0.25, 0.3) is 0 Å². The van der Waals surface area contributed by atoms with E-state index in [-0.39, 0.29) is 24.0 Å². The minimum absolute atomic E-state index is 0.0628. The van der Waals surface area contributed by atoms with Gasteiger partial charge in [0.15, 0.2) is 0 Å². The Balaban J connectivity index is 0.00000277. The molecule has 0 aliphatic heterocycles. The van der Waals surface area contributed by atoms with Crippen LogP contribution in [0.15, 0.2) is 24.3 Å². The molecule has 1 aromatic rings. The first-order valence-corrected chi connectivity index (χ1v) is 14.5. The van der Waals surface area contributed by atoms with E-state index in [1.165, 1.54) is 0 Å². The zero-order valence-electron chi connectivity index (χ0n) is 15.0. The first-order chi connectivity index (χ1) is 11.7. The molecule has 8 heteroatoms. The van der Waals surface area contributed by atoms with Crippen LogP contribution in [-0.4, -0.2) is 24.1 Å². The zero-order valence-corrected chi connectivity index (χ0v) is 20.0. The summed E-state index contributed by atoms with van der Waals surface area (Å²) in [6.07, 6.45) is -0.827. The summed E-state index contributed by atoms with van der Waals surface area (Å²) in [6, 6.07) is 6.42. The molecule has 0 saturated carbocycles. The van der Waals surface area contributed by atoms with Crippen molar-refractivity contribution in [3.05, 3.63) is 34.9 Å². The molecule has 1 aromatic carbocycles. The van der Waals surface area contributed by atoms with Gasteiger partial charge in [0, 0.05) is 42.3 Å². The quantitative estimate of drug-likeness (QED) is 0.431. The highest BCUT2D eigenvalue weighted by Gasteiger charge is 2.26. The van der Waals surface area contributed by atoms with Crippen LogP contribution in [0.25, 0.3) is 0 Å². The maximum absolute atomic E-state index is 12.4. The number of alkyl carbamates (subject to hydrolysis) is 1. The molecule has 142 valence electrons. The fraction of sp³-hybridized carbons (Fsp3) is 0.529. The maximum atomic E-state index is 12.4. The van der Waals surface area contributed by atoms with Crippen LogP contribution in [0.1, 0.15) is 46.2 Å². The molecule has 2 amide bonds. The van der Waals surface area contributed by atoms with Crippen LogP contribution in [0.4, 0.5) is 4.79 Å². The van der Waals surface area contributed by atoms with Crippen LogP contribution in [0.5, 0.6) is 0 Å². The van der Waals surface area contributed by atoms with Crippen molar-refractivity contribution in [1.82, 2.24) is 10.6 Å². The minimum atomic E-state index is -0.656. The normalized spacial score (nSPS) is 12.7. The van der Waals surface area contributed by atoms with Gasteiger partial charge in [-0.3, -0.25) is 4.79 Å². The highest BCUT2D eigenvalue weighted by Crippen LogP contribution is 2.16. The third-order valence-electron chi connectivity index (χ3n) is 3.29. The maximum Gasteiger partial charge on any atom is 0.408 e. The number of carbonyl (C=O) groups excluding carboxylic acids is 2. The van der Waals surface area contributed by atoms with E-state index in [4.69, 9.17) is 16.3 Å². The van der Waals surface area contributed by atoms with Crippen LogP contribution < -0.4 is 10.6 Å². The lowest BCUT2D eigenvalue weighted by molar-refractivity contribution is -0.124. The minimum Gasteiger partial charge on any atom is -0.447 e. The molecule has 5 nitrogen and oxygen atoms in total. The Hall–Kier alpha value is -0.290. The van der Waals surface area contributed by atoms with E-state index >= 15 is 0 Å². The number of hydrogen-bond donors (Lipinski definition) is 2. The highest BCUT2D eigenvalue weighted by molar-refractivity contribution is 15.0. The number of benzene rings is 1. The van der Waals surface area contributed by atoms with Crippen molar-refractivity contribution in [1.29, 1.82) is 0 Å². The van der Waals surface area contributed by atoms with E-state index in [0.29, 0.717) is 5.02 Å². The molecule has 0 aromatic heterocycles. The number of nitrogens with one attached hydrogen (secondary N) is 2. The Morgan fingerprint density at radius 3 is 1.96 bits per heavy atom. The third kappa shape index (κ3) is 9.83. The third-order valence-corrected chi connectivity index (χ3v) is 3.55. The summed E-state index contributed by atoms with van der Waals surface area (Å²) < 4.78 is 5.04. The number of halogens is 3. The van der Waals surface area contributed by atoms with Crippen LogP contribution in [-0.2, 0) is 9.53 Å². The molecule has 0 radical (unpaired) electrons. The average molecular weight is 595 g/mol. The Labute approximate surface area is 178 Å². The molecule has 0 aliphatic carbocycles. The van der Waals surface area contributed by atoms with Gasteiger partial charge in [-0.15, -0.1) is 0 Å². The zero-order chi connectivity index (χ0) is 19.6. The summed E-state index contributed by atoms with van der Waals surface area (Å²) in [4.78, 5) is 24.2. The molecule has 0 bridgehead atoms. The Kier molecular flexibility index (Phi) is 12.8. The van der Waals surface area contributed by atoms with Gasteiger partial charge in [0.2, 0.25) is 5.91 Å². The molecular weight excluding hydrogens is 569 g/mol. The molecule has 2 atom stereocenters. The molecule has 0 spiro atoms. The molecule has 0 heterocycles. The summed E-state index contributed by atoms with van der Waals surface area (Å²) in [6.45, 7) is 9.13. The second kappa shape index (κ2) is 13.0. The number of amides is 2. The van der Waals surface area contributed by atoms with Gasteiger partial charge in [-0.25, -0.2) is 4.79 Å². The topological polar surface area (TPSA) is 67.4 Å². The van der Waals surface area contributed by atoms with E-state index in [2.05, 4.69) is 47.9 Å². The van der Waals surface area contributed by atoms with E-state index < -0.39 is 12.1 Å². The highest BCUT2D eigenvalue weighted by atomic mass is 128. The van der Waals surface area contributed by atoms with Crippen molar-refractivity contribution < 1.29 is 14.3 Å². The van der Waals surface area contributed by atoms with Crippen molar-refractivity contribution in [2.45, 2.75) is 52.8 Å². The van der Waals surface area contributed by atoms with Gasteiger partial charge in [-0.2, -0.15) is 0 Å². The Bertz CT molecular complexity index is 539. The number of ether oxygens (including phenoxy) is 1. The first kappa shape index (κ1) is 24.7. The summed E-state index contributed by atoms with van der Waals surface area (Å²) in [5.41, 5.74) is 0.940. The molecular formula is C17H25ClI2N2O3. The van der Waals surface area contributed by atoms with Crippen molar-refractivity contribution in [2.75, 3.05) is 0 Å². The molecule has 1 rings (SSSR count). The summed E-state index contributed by atoms with van der Waals surface area (Å²) in [5, 5.41) is 6.17. The van der Waals surface area contributed by atoms with Gasteiger partial charge >= 0.3 is 6.09 Å². The molecule has 0 aliphatic rings. The molecule has 25 heavy (non-hydrogen) atoms. The van der Waals surface area contributed by atoms with Crippen molar-refractivity contribution in [2.24, 2.45) is 5.92 Å². The Morgan fingerprint density at radius 1 is 1.00 bits per heavy atom. The molecule has 2 N–H and O–H groups in total. The molecule has 2 unspecified atom stereocenters. The van der Waals surface area contributed by atoms with Crippen LogP contribution in [0.3, 0.4) is 0 Å². The fourth-order valence-electron chi connectivity index (χ4n) is 2.05. The molecule has 0 fully saturated rings. The fourth-order valence-corrected chi connectivity index (χ4v) is 2.17. The smallest absolute Gasteiger partial charge is 0.408 e. The standard InChI is InChI=1S/C17H25ClN2O3.I2/c1-10(2)15(20-17(22)23-11(3)4)16(21)19-12(5)13-6-8-14(18)9-7-13;1-2/h6-12,15H,1-5H3,(H,19,21)(H,20,22);. The van der Waals surface area contributed by atoms with Gasteiger partial charge in [0.05, 0.1) is 12.1 Å². The van der Waals surface area contributed by atoms with Gasteiger partial charge in [-0.1, -0.05) is 37.6 Å². The summed E-state index contributed by atoms with van der Waals surface area (Å²) in [7, 11) is 0. The Morgan fingerprint density at radius 2 is 1.52 bits per heavy atom. The SMILES string of the molecule is CC(C)OC(=O)NC(C(=O)NC(C)c1ccc(Cl)cc1)C(C)C.II. The van der Waals surface area contributed by atoms with E-state index in [1.54, 1.807) is 26.0 Å². The van der Waals surface area contributed by atoms with E-state index in [0.717, 1.165) is 5.56 Å². The second-order valence-electron chi connectivity index (χ2n) is 6.10. The van der Waals surface area contributed by atoms with Gasteiger partial charge < -0.3 is 15.4 Å². The first-order valence-electron chi connectivity index (χ1n) is 7.88. The van der Waals surface area contributed by atoms with Crippen LogP contribution >= 0.6 is 48.8 Å². The second-order valence-corrected chi connectivity index (χ2v) is 6.54.